The van der Waals surface area contributed by atoms with Crippen LogP contribution in [-0.2, 0) is 23.8 Å². The number of benzene rings is 3. The molecular formula is C25H24N2O. The number of amides is 1. The normalized spacial score (nSPS) is 11.5. The highest BCUT2D eigenvalue weighted by Crippen LogP contribution is 2.29. The highest BCUT2D eigenvalue weighted by molar-refractivity contribution is 5.89. The van der Waals surface area contributed by atoms with Gasteiger partial charge in [-0.05, 0) is 29.7 Å². The Morgan fingerprint density at radius 2 is 1.39 bits per heavy atom. The van der Waals surface area contributed by atoms with Crippen LogP contribution in [0, 0.1) is 0 Å². The predicted molar refractivity (Wildman–Crippen MR) is 114 cm³/mol. The van der Waals surface area contributed by atoms with E-state index in [4.69, 9.17) is 0 Å². The summed E-state index contributed by atoms with van der Waals surface area (Å²) in [5.41, 5.74) is 3.71. The lowest BCUT2D eigenvalue weighted by atomic mass is 9.84. The Hall–Kier alpha value is -3.33. The molecule has 1 heterocycles. The molecule has 4 rings (SSSR count). The standard InChI is InChI=1S/C25H24N2O/c1-25(20-11-5-3-6-12-20,21-13-7-4-8-14-21)26-24(28)17-19-18-27(2)23-16-10-9-15-22(19)23/h3-16,18H,17H2,1-2H3,(H,26,28). The highest BCUT2D eigenvalue weighted by atomic mass is 16.1. The van der Waals surface area contributed by atoms with Gasteiger partial charge in [-0.2, -0.15) is 0 Å². The molecule has 0 unspecified atom stereocenters. The van der Waals surface area contributed by atoms with Crippen molar-refractivity contribution >= 4 is 16.8 Å². The van der Waals surface area contributed by atoms with Crippen LogP contribution < -0.4 is 5.32 Å². The van der Waals surface area contributed by atoms with E-state index in [0.717, 1.165) is 27.6 Å². The second kappa shape index (κ2) is 7.35. The van der Waals surface area contributed by atoms with Gasteiger partial charge in [-0.25, -0.2) is 0 Å². The number of rotatable bonds is 5. The van der Waals surface area contributed by atoms with Crippen LogP contribution in [0.1, 0.15) is 23.6 Å². The van der Waals surface area contributed by atoms with Gasteiger partial charge in [-0.3, -0.25) is 4.79 Å². The van der Waals surface area contributed by atoms with Crippen LogP contribution in [0.5, 0.6) is 0 Å². The fourth-order valence-corrected chi connectivity index (χ4v) is 3.92. The molecule has 0 radical (unpaired) electrons. The second-order valence-electron chi connectivity index (χ2n) is 7.36. The number of fused-ring (bicyclic) bond motifs is 1. The fraction of sp³-hybridized carbons (Fsp3) is 0.160. The predicted octanol–water partition coefficient (Wildman–Crippen LogP) is 4.80. The average molecular weight is 368 g/mol. The van der Waals surface area contributed by atoms with Crippen molar-refractivity contribution in [3.05, 3.63) is 108 Å². The topological polar surface area (TPSA) is 34.0 Å². The van der Waals surface area contributed by atoms with Crippen molar-refractivity contribution < 1.29 is 4.79 Å². The lowest BCUT2D eigenvalue weighted by Gasteiger charge is -2.32. The number of aromatic nitrogens is 1. The molecule has 0 spiro atoms. The van der Waals surface area contributed by atoms with E-state index in [-0.39, 0.29) is 5.91 Å². The second-order valence-corrected chi connectivity index (χ2v) is 7.36. The van der Waals surface area contributed by atoms with E-state index in [0.29, 0.717) is 6.42 Å². The van der Waals surface area contributed by atoms with Crippen LogP contribution in [0.25, 0.3) is 10.9 Å². The molecule has 1 N–H and O–H groups in total. The van der Waals surface area contributed by atoms with Crippen molar-refractivity contribution in [2.45, 2.75) is 18.9 Å². The number of carbonyl (C=O) groups excluding carboxylic acids is 1. The van der Waals surface area contributed by atoms with Crippen molar-refractivity contribution in [2.24, 2.45) is 7.05 Å². The van der Waals surface area contributed by atoms with E-state index >= 15 is 0 Å². The largest absolute Gasteiger partial charge is 0.350 e. The quantitative estimate of drug-likeness (QED) is 0.539. The summed E-state index contributed by atoms with van der Waals surface area (Å²) in [6, 6.07) is 28.4. The number of aryl methyl sites for hydroxylation is 1. The number of nitrogens with one attached hydrogen (secondary N) is 1. The molecule has 4 aromatic rings. The molecule has 3 aromatic carbocycles. The average Bonchev–Trinajstić information content (AvgIpc) is 3.05. The molecule has 0 bridgehead atoms. The molecule has 1 amide bonds. The van der Waals surface area contributed by atoms with Gasteiger partial charge in [0.2, 0.25) is 5.91 Å². The first kappa shape index (κ1) is 18.1. The minimum atomic E-state index is -0.593. The third kappa shape index (κ3) is 3.31. The van der Waals surface area contributed by atoms with E-state index < -0.39 is 5.54 Å². The van der Waals surface area contributed by atoms with Crippen molar-refractivity contribution in [2.75, 3.05) is 0 Å². The molecule has 0 aliphatic heterocycles. The zero-order valence-electron chi connectivity index (χ0n) is 16.2. The number of nitrogens with zero attached hydrogens (tertiary/aromatic N) is 1. The van der Waals surface area contributed by atoms with E-state index in [1.165, 1.54) is 0 Å². The molecule has 0 saturated heterocycles. The maximum atomic E-state index is 13.1. The minimum Gasteiger partial charge on any atom is -0.350 e. The zero-order valence-corrected chi connectivity index (χ0v) is 16.2. The lowest BCUT2D eigenvalue weighted by molar-refractivity contribution is -0.121. The fourth-order valence-electron chi connectivity index (χ4n) is 3.92. The number of para-hydroxylation sites is 1. The number of carbonyl (C=O) groups is 1. The maximum Gasteiger partial charge on any atom is 0.225 e. The molecule has 140 valence electrons. The van der Waals surface area contributed by atoms with Crippen molar-refractivity contribution in [1.82, 2.24) is 9.88 Å². The van der Waals surface area contributed by atoms with Crippen LogP contribution in [0.4, 0.5) is 0 Å². The number of hydrogen-bond acceptors (Lipinski definition) is 1. The van der Waals surface area contributed by atoms with Gasteiger partial charge in [0.05, 0.1) is 12.0 Å². The summed E-state index contributed by atoms with van der Waals surface area (Å²) in [6.45, 7) is 2.07. The maximum absolute atomic E-state index is 13.1. The lowest BCUT2D eigenvalue weighted by Crippen LogP contribution is -2.45. The molecule has 0 saturated carbocycles. The van der Waals surface area contributed by atoms with Gasteiger partial charge in [-0.15, -0.1) is 0 Å². The monoisotopic (exact) mass is 368 g/mol. The van der Waals surface area contributed by atoms with Gasteiger partial charge in [0, 0.05) is 24.1 Å². The van der Waals surface area contributed by atoms with Gasteiger partial charge in [0.1, 0.15) is 0 Å². The summed E-state index contributed by atoms with van der Waals surface area (Å²) < 4.78 is 2.07. The van der Waals surface area contributed by atoms with Crippen LogP contribution in [0.3, 0.4) is 0 Å². The SMILES string of the molecule is Cn1cc(CC(=O)NC(C)(c2ccccc2)c2ccccc2)c2ccccc21. The minimum absolute atomic E-state index is 0.00607. The van der Waals surface area contributed by atoms with Gasteiger partial charge in [-0.1, -0.05) is 78.9 Å². The third-order valence-electron chi connectivity index (χ3n) is 5.42. The summed E-state index contributed by atoms with van der Waals surface area (Å²) in [6.07, 6.45) is 2.39. The summed E-state index contributed by atoms with van der Waals surface area (Å²) in [5.74, 6) is 0.00607. The first-order chi connectivity index (χ1) is 13.6. The number of hydrogen-bond donors (Lipinski definition) is 1. The van der Waals surface area contributed by atoms with E-state index in [9.17, 15) is 4.79 Å². The molecule has 28 heavy (non-hydrogen) atoms. The smallest absolute Gasteiger partial charge is 0.225 e. The van der Waals surface area contributed by atoms with Gasteiger partial charge < -0.3 is 9.88 Å². The third-order valence-corrected chi connectivity index (χ3v) is 5.42. The van der Waals surface area contributed by atoms with Gasteiger partial charge >= 0.3 is 0 Å². The van der Waals surface area contributed by atoms with Crippen LogP contribution in [-0.4, -0.2) is 10.5 Å². The molecule has 3 nitrogen and oxygen atoms in total. The van der Waals surface area contributed by atoms with E-state index in [1.807, 2.05) is 61.8 Å². The molecule has 0 aliphatic carbocycles. The Morgan fingerprint density at radius 3 is 2.00 bits per heavy atom. The Kier molecular flexibility index (Phi) is 4.74. The van der Waals surface area contributed by atoms with Crippen molar-refractivity contribution in [3.8, 4) is 0 Å². The Bertz CT molecular complexity index is 1060. The zero-order chi connectivity index (χ0) is 19.6. The first-order valence-electron chi connectivity index (χ1n) is 9.53. The van der Waals surface area contributed by atoms with Gasteiger partial charge in [0.25, 0.3) is 0 Å². The van der Waals surface area contributed by atoms with E-state index in [1.54, 1.807) is 0 Å². The Morgan fingerprint density at radius 1 is 0.857 bits per heavy atom. The molecule has 3 heteroatoms. The van der Waals surface area contributed by atoms with Crippen LogP contribution in [0.15, 0.2) is 91.1 Å². The summed E-state index contributed by atoms with van der Waals surface area (Å²) >= 11 is 0. The Balaban J connectivity index is 1.66. The van der Waals surface area contributed by atoms with E-state index in [2.05, 4.69) is 53.2 Å². The summed E-state index contributed by atoms with van der Waals surface area (Å²) in [5, 5.41) is 4.43. The molecule has 0 aliphatic rings. The molecular weight excluding hydrogens is 344 g/mol. The summed E-state index contributed by atoms with van der Waals surface area (Å²) in [4.78, 5) is 13.1. The van der Waals surface area contributed by atoms with Crippen LogP contribution in [0.2, 0.25) is 0 Å². The highest BCUT2D eigenvalue weighted by Gasteiger charge is 2.30. The Labute approximate surface area is 165 Å². The molecule has 0 fully saturated rings. The summed E-state index contributed by atoms with van der Waals surface area (Å²) in [7, 11) is 2.02. The van der Waals surface area contributed by atoms with Crippen molar-refractivity contribution in [3.63, 3.8) is 0 Å². The van der Waals surface area contributed by atoms with Crippen molar-refractivity contribution in [1.29, 1.82) is 0 Å². The molecule has 1 aromatic heterocycles. The first-order valence-corrected chi connectivity index (χ1v) is 9.53. The van der Waals surface area contributed by atoms with Crippen LogP contribution >= 0.6 is 0 Å². The molecule has 0 atom stereocenters. The van der Waals surface area contributed by atoms with Gasteiger partial charge in [0.15, 0.2) is 0 Å².